The van der Waals surface area contributed by atoms with E-state index in [1.807, 2.05) is 18.2 Å². The third-order valence-corrected chi connectivity index (χ3v) is 4.41. The molecule has 21 heavy (non-hydrogen) atoms. The molecule has 0 saturated carbocycles. The standard InChI is InChI=1S/C14H19N5OS/c15-7-10-3-2-6-19(8-10)9-13(20)16-11-4-1-5-12-14(11)18-21-17-12/h1,4-5,10H,2-3,6-9,15H2,(H,16,20). The Morgan fingerprint density at radius 2 is 2.38 bits per heavy atom. The number of anilines is 1. The van der Waals surface area contributed by atoms with Gasteiger partial charge in [-0.15, -0.1) is 0 Å². The van der Waals surface area contributed by atoms with Gasteiger partial charge in [0.2, 0.25) is 5.91 Å². The van der Waals surface area contributed by atoms with Crippen molar-refractivity contribution in [1.29, 1.82) is 0 Å². The van der Waals surface area contributed by atoms with Crippen LogP contribution >= 0.6 is 11.7 Å². The average molecular weight is 305 g/mol. The zero-order valence-corrected chi connectivity index (χ0v) is 12.6. The van der Waals surface area contributed by atoms with Crippen molar-refractivity contribution < 1.29 is 4.79 Å². The zero-order valence-electron chi connectivity index (χ0n) is 11.8. The van der Waals surface area contributed by atoms with Crippen molar-refractivity contribution in [3.8, 4) is 0 Å². The van der Waals surface area contributed by atoms with Crippen LogP contribution in [0.5, 0.6) is 0 Å². The Balaban J connectivity index is 1.62. The number of rotatable bonds is 4. The van der Waals surface area contributed by atoms with Crippen LogP contribution in [0.1, 0.15) is 12.8 Å². The predicted molar refractivity (Wildman–Crippen MR) is 84.3 cm³/mol. The average Bonchev–Trinajstić information content (AvgIpc) is 2.97. The van der Waals surface area contributed by atoms with Crippen LogP contribution in [0.25, 0.3) is 11.0 Å². The molecule has 0 aliphatic carbocycles. The van der Waals surface area contributed by atoms with Gasteiger partial charge in [-0.2, -0.15) is 8.75 Å². The summed E-state index contributed by atoms with van der Waals surface area (Å²) < 4.78 is 8.41. The second-order valence-electron chi connectivity index (χ2n) is 5.46. The number of carbonyl (C=O) groups excluding carboxylic acids is 1. The molecule has 6 nitrogen and oxygen atoms in total. The van der Waals surface area contributed by atoms with E-state index in [1.54, 1.807) is 0 Å². The summed E-state index contributed by atoms with van der Waals surface area (Å²) in [7, 11) is 0. The number of hydrogen-bond acceptors (Lipinski definition) is 6. The van der Waals surface area contributed by atoms with Gasteiger partial charge in [-0.3, -0.25) is 9.69 Å². The molecule has 1 aliphatic heterocycles. The molecule has 2 aromatic rings. The summed E-state index contributed by atoms with van der Waals surface area (Å²) in [5.41, 5.74) is 8.04. The number of nitrogens with one attached hydrogen (secondary N) is 1. The number of piperidine rings is 1. The first-order valence-corrected chi connectivity index (χ1v) is 7.93. The number of likely N-dealkylation sites (tertiary alicyclic amines) is 1. The van der Waals surface area contributed by atoms with E-state index in [1.165, 1.54) is 6.42 Å². The summed E-state index contributed by atoms with van der Waals surface area (Å²) in [5, 5.41) is 2.94. The van der Waals surface area contributed by atoms with Crippen molar-refractivity contribution in [2.24, 2.45) is 11.7 Å². The summed E-state index contributed by atoms with van der Waals surface area (Å²) in [4.78, 5) is 14.4. The first kappa shape index (κ1) is 14.4. The SMILES string of the molecule is NCC1CCCN(CC(=O)Nc2cccc3nsnc23)C1. The topological polar surface area (TPSA) is 84.1 Å². The van der Waals surface area contributed by atoms with E-state index in [0.29, 0.717) is 19.0 Å². The molecule has 1 aromatic heterocycles. The van der Waals surface area contributed by atoms with Crippen LogP contribution in [0, 0.1) is 5.92 Å². The molecule has 2 heterocycles. The van der Waals surface area contributed by atoms with Crippen molar-refractivity contribution in [2.75, 3.05) is 31.5 Å². The number of nitrogens with two attached hydrogens (primary N) is 1. The summed E-state index contributed by atoms with van der Waals surface area (Å²) in [5.74, 6) is 0.505. The molecule has 1 aliphatic rings. The number of nitrogens with zero attached hydrogens (tertiary/aromatic N) is 3. The van der Waals surface area contributed by atoms with Crippen LogP contribution in [-0.4, -0.2) is 45.7 Å². The van der Waals surface area contributed by atoms with Crippen molar-refractivity contribution in [1.82, 2.24) is 13.6 Å². The van der Waals surface area contributed by atoms with Gasteiger partial charge in [-0.25, -0.2) is 0 Å². The van der Waals surface area contributed by atoms with E-state index in [2.05, 4.69) is 19.0 Å². The van der Waals surface area contributed by atoms with Gasteiger partial charge in [0.25, 0.3) is 0 Å². The highest BCUT2D eigenvalue weighted by molar-refractivity contribution is 7.00. The Bertz CT molecular complexity index is 629. The van der Waals surface area contributed by atoms with E-state index in [9.17, 15) is 4.79 Å². The second kappa shape index (κ2) is 6.46. The molecular weight excluding hydrogens is 286 g/mol. The third-order valence-electron chi connectivity index (χ3n) is 3.86. The zero-order chi connectivity index (χ0) is 14.7. The van der Waals surface area contributed by atoms with E-state index in [-0.39, 0.29) is 5.91 Å². The van der Waals surface area contributed by atoms with Crippen molar-refractivity contribution in [3.63, 3.8) is 0 Å². The minimum atomic E-state index is -0.00632. The number of carbonyl (C=O) groups is 1. The van der Waals surface area contributed by atoms with E-state index < -0.39 is 0 Å². The summed E-state index contributed by atoms with van der Waals surface area (Å²) >= 11 is 1.16. The highest BCUT2D eigenvalue weighted by atomic mass is 32.1. The number of benzene rings is 1. The number of fused-ring (bicyclic) bond motifs is 1. The molecule has 1 aromatic carbocycles. The van der Waals surface area contributed by atoms with Gasteiger partial charge in [-0.05, 0) is 44.0 Å². The first-order chi connectivity index (χ1) is 10.3. The van der Waals surface area contributed by atoms with Gasteiger partial charge in [0.15, 0.2) is 0 Å². The predicted octanol–water partition coefficient (Wildman–Crippen LogP) is 1.30. The molecule has 7 heteroatoms. The molecule has 112 valence electrons. The highest BCUT2D eigenvalue weighted by Gasteiger charge is 2.20. The lowest BCUT2D eigenvalue weighted by molar-refractivity contribution is -0.117. The van der Waals surface area contributed by atoms with E-state index in [0.717, 1.165) is 48.0 Å². The monoisotopic (exact) mass is 305 g/mol. The number of aromatic nitrogens is 2. The second-order valence-corrected chi connectivity index (χ2v) is 5.99. The maximum Gasteiger partial charge on any atom is 0.238 e. The lowest BCUT2D eigenvalue weighted by Crippen LogP contribution is -2.42. The van der Waals surface area contributed by atoms with Gasteiger partial charge in [0.05, 0.1) is 24.0 Å². The molecule has 1 fully saturated rings. The Morgan fingerprint density at radius 3 is 3.24 bits per heavy atom. The first-order valence-electron chi connectivity index (χ1n) is 7.20. The van der Waals surface area contributed by atoms with Crippen LogP contribution < -0.4 is 11.1 Å². The molecule has 3 N–H and O–H groups in total. The Kier molecular flexibility index (Phi) is 4.42. The van der Waals surface area contributed by atoms with Gasteiger partial charge in [-0.1, -0.05) is 6.07 Å². The van der Waals surface area contributed by atoms with Crippen molar-refractivity contribution in [3.05, 3.63) is 18.2 Å². The van der Waals surface area contributed by atoms with Crippen LogP contribution in [-0.2, 0) is 4.79 Å². The highest BCUT2D eigenvalue weighted by Crippen LogP contribution is 2.21. The molecule has 1 atom stereocenters. The molecule has 1 unspecified atom stereocenters. The van der Waals surface area contributed by atoms with Gasteiger partial charge >= 0.3 is 0 Å². The van der Waals surface area contributed by atoms with Crippen molar-refractivity contribution >= 4 is 34.4 Å². The number of amides is 1. The third kappa shape index (κ3) is 3.37. The van der Waals surface area contributed by atoms with Crippen LogP contribution in [0.15, 0.2) is 18.2 Å². The molecule has 0 bridgehead atoms. The van der Waals surface area contributed by atoms with Gasteiger partial charge in [0, 0.05) is 6.54 Å². The molecule has 1 amide bonds. The summed E-state index contributed by atoms with van der Waals surface area (Å²) in [6.45, 7) is 2.98. The summed E-state index contributed by atoms with van der Waals surface area (Å²) in [6.07, 6.45) is 2.28. The fourth-order valence-electron chi connectivity index (χ4n) is 2.79. The minimum Gasteiger partial charge on any atom is -0.330 e. The van der Waals surface area contributed by atoms with Gasteiger partial charge < -0.3 is 11.1 Å². The van der Waals surface area contributed by atoms with Gasteiger partial charge in [0.1, 0.15) is 11.0 Å². The smallest absolute Gasteiger partial charge is 0.238 e. The Labute approximate surface area is 127 Å². The minimum absolute atomic E-state index is 0.00632. The molecule has 1 saturated heterocycles. The normalized spacial score (nSPS) is 19.8. The van der Waals surface area contributed by atoms with E-state index in [4.69, 9.17) is 5.73 Å². The lowest BCUT2D eigenvalue weighted by atomic mass is 9.98. The fraction of sp³-hybridized carbons (Fsp3) is 0.500. The maximum absolute atomic E-state index is 12.2. The van der Waals surface area contributed by atoms with Crippen LogP contribution in [0.2, 0.25) is 0 Å². The lowest BCUT2D eigenvalue weighted by Gasteiger charge is -2.31. The Hall–Kier alpha value is -1.57. The van der Waals surface area contributed by atoms with Crippen LogP contribution in [0.3, 0.4) is 0 Å². The Morgan fingerprint density at radius 1 is 1.48 bits per heavy atom. The molecular formula is C14H19N5OS. The van der Waals surface area contributed by atoms with Crippen LogP contribution in [0.4, 0.5) is 5.69 Å². The fourth-order valence-corrected chi connectivity index (χ4v) is 3.34. The molecule has 0 spiro atoms. The largest absolute Gasteiger partial charge is 0.330 e. The number of hydrogen-bond donors (Lipinski definition) is 2. The van der Waals surface area contributed by atoms with E-state index >= 15 is 0 Å². The van der Waals surface area contributed by atoms with Crippen molar-refractivity contribution in [2.45, 2.75) is 12.8 Å². The maximum atomic E-state index is 12.2. The quantitative estimate of drug-likeness (QED) is 0.889. The summed E-state index contributed by atoms with van der Waals surface area (Å²) in [6, 6.07) is 5.64. The molecule has 3 rings (SSSR count). The molecule has 0 radical (unpaired) electrons.